The maximum atomic E-state index is 13.6. The summed E-state index contributed by atoms with van der Waals surface area (Å²) in [5, 5.41) is 10.4. The first kappa shape index (κ1) is 15.3. The molecule has 0 aliphatic carbocycles. The van der Waals surface area contributed by atoms with Crippen molar-refractivity contribution in [3.63, 3.8) is 0 Å². The lowest BCUT2D eigenvalue weighted by atomic mass is 9.69. The molecule has 0 radical (unpaired) electrons. The van der Waals surface area contributed by atoms with Crippen LogP contribution in [-0.2, 0) is 10.2 Å². The van der Waals surface area contributed by atoms with Crippen LogP contribution in [0.3, 0.4) is 0 Å². The number of hydrogen-bond acceptors (Lipinski definition) is 5. The fourth-order valence-electron chi connectivity index (χ4n) is 4.41. The maximum absolute atomic E-state index is 13.6. The second-order valence-electron chi connectivity index (χ2n) is 6.81. The molecule has 8 heteroatoms. The molecule has 3 aromatic rings. The molecule has 2 atom stereocenters. The molecule has 1 aromatic carbocycles. The van der Waals surface area contributed by atoms with Crippen LogP contribution in [0.5, 0.6) is 0 Å². The molecule has 1 saturated heterocycles. The van der Waals surface area contributed by atoms with Crippen LogP contribution < -0.4 is 15.8 Å². The third kappa shape index (κ3) is 1.76. The Morgan fingerprint density at radius 1 is 1.31 bits per heavy atom. The van der Waals surface area contributed by atoms with Crippen LogP contribution in [0, 0.1) is 0 Å². The van der Waals surface area contributed by atoms with E-state index in [4.69, 9.17) is 0 Å². The van der Waals surface area contributed by atoms with Crippen molar-refractivity contribution in [2.45, 2.75) is 18.3 Å². The second kappa shape index (κ2) is 5.25. The lowest BCUT2D eigenvalue weighted by Crippen LogP contribution is -2.55. The van der Waals surface area contributed by atoms with E-state index in [0.29, 0.717) is 36.5 Å². The average Bonchev–Trinajstić information content (AvgIpc) is 3.30. The first-order valence-electron chi connectivity index (χ1n) is 8.72. The van der Waals surface area contributed by atoms with Gasteiger partial charge in [-0.2, -0.15) is 5.10 Å². The monoisotopic (exact) mass is 350 g/mol. The molecule has 2 unspecified atom stereocenters. The summed E-state index contributed by atoms with van der Waals surface area (Å²) in [4.78, 5) is 35.3. The van der Waals surface area contributed by atoms with Crippen LogP contribution >= 0.6 is 0 Å². The van der Waals surface area contributed by atoms with Gasteiger partial charge in [0.2, 0.25) is 5.91 Å². The van der Waals surface area contributed by atoms with Crippen molar-refractivity contribution in [2.75, 3.05) is 24.5 Å². The van der Waals surface area contributed by atoms with E-state index in [-0.39, 0.29) is 17.4 Å². The smallest absolute Gasteiger partial charge is 0.262 e. The Morgan fingerprint density at radius 3 is 3.00 bits per heavy atom. The first-order valence-corrected chi connectivity index (χ1v) is 8.72. The zero-order chi connectivity index (χ0) is 17.9. The van der Waals surface area contributed by atoms with Gasteiger partial charge in [0, 0.05) is 31.2 Å². The molecular weight excluding hydrogens is 332 g/mol. The molecule has 0 spiro atoms. The van der Waals surface area contributed by atoms with Gasteiger partial charge in [-0.25, -0.2) is 4.98 Å². The molecule has 1 amide bonds. The third-order valence-corrected chi connectivity index (χ3v) is 5.64. The van der Waals surface area contributed by atoms with Gasteiger partial charge in [0.1, 0.15) is 16.6 Å². The summed E-state index contributed by atoms with van der Waals surface area (Å²) < 4.78 is 0. The number of para-hydroxylation sites is 1. The Bertz CT molecular complexity index is 1090. The van der Waals surface area contributed by atoms with E-state index >= 15 is 0 Å². The number of likely N-dealkylation sites (N-methyl/N-ethyl adjacent to an activating group) is 1. The summed E-state index contributed by atoms with van der Waals surface area (Å²) >= 11 is 0. The van der Waals surface area contributed by atoms with E-state index in [1.165, 1.54) is 6.20 Å². The SMILES string of the molecule is CCN1C(=O)C2(c3nc4[nH]ncc4c(=O)[nH]3)CNCC2c2ccccc21. The van der Waals surface area contributed by atoms with Gasteiger partial charge in [-0.1, -0.05) is 18.2 Å². The van der Waals surface area contributed by atoms with Crippen molar-refractivity contribution in [1.29, 1.82) is 0 Å². The Kier molecular flexibility index (Phi) is 3.08. The van der Waals surface area contributed by atoms with Crippen LogP contribution in [-0.4, -0.2) is 45.7 Å². The standard InChI is InChI=1S/C18H18N6O2/c1-2-24-13-6-4-3-5-10(13)12-8-19-9-18(12,17(24)26)16-21-14-11(7-20-23-14)15(25)22-16/h3-7,12,19H,2,8-9H2,1H3,(H2,20,21,22,23,25). The maximum Gasteiger partial charge on any atom is 0.262 e. The third-order valence-electron chi connectivity index (χ3n) is 5.64. The molecule has 5 rings (SSSR count). The zero-order valence-electron chi connectivity index (χ0n) is 14.2. The highest BCUT2D eigenvalue weighted by molar-refractivity contribution is 6.05. The molecule has 2 aliphatic heterocycles. The number of anilines is 1. The van der Waals surface area contributed by atoms with Crippen molar-refractivity contribution in [3.05, 3.63) is 52.2 Å². The molecule has 0 bridgehead atoms. The van der Waals surface area contributed by atoms with Gasteiger partial charge in [0.25, 0.3) is 5.56 Å². The molecule has 8 nitrogen and oxygen atoms in total. The fourth-order valence-corrected chi connectivity index (χ4v) is 4.41. The summed E-state index contributed by atoms with van der Waals surface area (Å²) in [7, 11) is 0. The van der Waals surface area contributed by atoms with E-state index < -0.39 is 5.41 Å². The topological polar surface area (TPSA) is 107 Å². The minimum atomic E-state index is -0.928. The molecule has 4 heterocycles. The highest BCUT2D eigenvalue weighted by Crippen LogP contribution is 2.49. The summed E-state index contributed by atoms with van der Waals surface area (Å²) in [6.45, 7) is 3.61. The van der Waals surface area contributed by atoms with E-state index in [1.54, 1.807) is 4.90 Å². The number of H-pyrrole nitrogens is 2. The highest BCUT2D eigenvalue weighted by Gasteiger charge is 2.58. The Labute approximate surface area is 148 Å². The van der Waals surface area contributed by atoms with Crippen LogP contribution in [0.4, 0.5) is 5.69 Å². The summed E-state index contributed by atoms with van der Waals surface area (Å²) in [6, 6.07) is 7.97. The molecular formula is C18H18N6O2. The number of nitrogens with zero attached hydrogens (tertiary/aromatic N) is 3. The summed E-state index contributed by atoms with van der Waals surface area (Å²) in [6.07, 6.45) is 1.45. The van der Waals surface area contributed by atoms with E-state index in [2.05, 4.69) is 31.5 Å². The van der Waals surface area contributed by atoms with E-state index in [1.807, 2.05) is 25.1 Å². The largest absolute Gasteiger partial charge is 0.315 e. The van der Waals surface area contributed by atoms with E-state index in [0.717, 1.165) is 11.3 Å². The molecule has 132 valence electrons. The van der Waals surface area contributed by atoms with Crippen molar-refractivity contribution in [2.24, 2.45) is 0 Å². The average molecular weight is 350 g/mol. The normalized spacial score (nSPS) is 24.7. The number of hydrogen-bond donors (Lipinski definition) is 3. The second-order valence-corrected chi connectivity index (χ2v) is 6.81. The molecule has 26 heavy (non-hydrogen) atoms. The molecule has 2 aliphatic rings. The van der Waals surface area contributed by atoms with Gasteiger partial charge in [-0.3, -0.25) is 14.7 Å². The Balaban J connectivity index is 1.80. The predicted molar refractivity (Wildman–Crippen MR) is 96.3 cm³/mol. The predicted octanol–water partition coefficient (Wildman–Crippen LogP) is 0.638. The number of nitrogens with one attached hydrogen (secondary N) is 3. The van der Waals surface area contributed by atoms with Crippen molar-refractivity contribution < 1.29 is 4.79 Å². The van der Waals surface area contributed by atoms with Crippen molar-refractivity contribution in [1.82, 2.24) is 25.5 Å². The van der Waals surface area contributed by atoms with Crippen molar-refractivity contribution >= 4 is 22.6 Å². The number of fused-ring (bicyclic) bond motifs is 4. The van der Waals surface area contributed by atoms with Crippen LogP contribution in [0.25, 0.3) is 11.0 Å². The van der Waals surface area contributed by atoms with Gasteiger partial charge in [-0.15, -0.1) is 0 Å². The van der Waals surface area contributed by atoms with Gasteiger partial charge < -0.3 is 15.2 Å². The van der Waals surface area contributed by atoms with Crippen LogP contribution in [0.2, 0.25) is 0 Å². The van der Waals surface area contributed by atoms with Gasteiger partial charge in [0.05, 0.1) is 6.20 Å². The Morgan fingerprint density at radius 2 is 2.15 bits per heavy atom. The van der Waals surface area contributed by atoms with Gasteiger partial charge in [0.15, 0.2) is 5.65 Å². The lowest BCUT2D eigenvalue weighted by Gasteiger charge is -2.43. The molecule has 3 N–H and O–H groups in total. The lowest BCUT2D eigenvalue weighted by molar-refractivity contribution is -0.124. The van der Waals surface area contributed by atoms with Gasteiger partial charge in [-0.05, 0) is 18.6 Å². The molecule has 2 aromatic heterocycles. The first-order chi connectivity index (χ1) is 12.7. The summed E-state index contributed by atoms with van der Waals surface area (Å²) in [5.41, 5.74) is 1.23. The number of carbonyl (C=O) groups excluding carboxylic acids is 1. The quantitative estimate of drug-likeness (QED) is 0.629. The molecule has 0 saturated carbocycles. The van der Waals surface area contributed by atoms with Crippen molar-refractivity contribution in [3.8, 4) is 0 Å². The van der Waals surface area contributed by atoms with Gasteiger partial charge >= 0.3 is 0 Å². The minimum absolute atomic E-state index is 0.0317. The Hall–Kier alpha value is -3.00. The fraction of sp³-hybridized carbons (Fsp3) is 0.333. The number of benzene rings is 1. The zero-order valence-corrected chi connectivity index (χ0v) is 14.2. The minimum Gasteiger partial charge on any atom is -0.315 e. The van der Waals surface area contributed by atoms with Crippen LogP contribution in [0.1, 0.15) is 24.2 Å². The number of amides is 1. The number of aromatic amines is 2. The number of carbonyl (C=O) groups is 1. The summed E-state index contributed by atoms with van der Waals surface area (Å²) in [5.74, 6) is 0.278. The van der Waals surface area contributed by atoms with E-state index in [9.17, 15) is 9.59 Å². The highest BCUT2D eigenvalue weighted by atomic mass is 16.2. The molecule has 1 fully saturated rings. The number of rotatable bonds is 2. The number of aromatic nitrogens is 4. The van der Waals surface area contributed by atoms with Crippen LogP contribution in [0.15, 0.2) is 35.3 Å².